The fraction of sp³-hybridized carbons (Fsp3) is 0.312. The van der Waals surface area contributed by atoms with Gasteiger partial charge in [-0.3, -0.25) is 4.68 Å². The largest absolute Gasteiger partial charge is 0.511 e. The molecule has 2 aromatic rings. The van der Waals surface area contributed by atoms with E-state index in [4.69, 9.17) is 4.74 Å². The molecular formula is C16H19BN2O3. The van der Waals surface area contributed by atoms with E-state index in [1.807, 2.05) is 30.3 Å². The molecule has 1 aromatic heterocycles. The normalized spacial score (nSPS) is 10.0. The summed E-state index contributed by atoms with van der Waals surface area (Å²) in [6, 6.07) is 9.70. The summed E-state index contributed by atoms with van der Waals surface area (Å²) in [6.07, 6.45) is 0.593. The lowest BCUT2D eigenvalue weighted by Crippen LogP contribution is -2.38. The van der Waals surface area contributed by atoms with E-state index >= 15 is 0 Å². The van der Waals surface area contributed by atoms with E-state index in [-0.39, 0.29) is 5.59 Å². The first kappa shape index (κ1) is 16.2. The lowest BCUT2D eigenvalue weighted by molar-refractivity contribution is 0.304. The first-order chi connectivity index (χ1) is 10.6. The Balaban J connectivity index is 2.19. The molecule has 22 heavy (non-hydrogen) atoms. The van der Waals surface area contributed by atoms with Gasteiger partial charge in [-0.1, -0.05) is 30.3 Å². The Morgan fingerprint density at radius 3 is 2.64 bits per heavy atom. The number of benzene rings is 1. The third kappa shape index (κ3) is 3.91. The van der Waals surface area contributed by atoms with Crippen molar-refractivity contribution >= 4 is 12.7 Å². The fourth-order valence-corrected chi connectivity index (χ4v) is 2.20. The Hall–Kier alpha value is -2.23. The molecule has 1 heterocycles. The number of aromatic nitrogens is 2. The molecule has 0 fully saturated rings. The average Bonchev–Trinajstić information content (AvgIpc) is 2.82. The van der Waals surface area contributed by atoms with Gasteiger partial charge in [0.05, 0.1) is 6.54 Å². The highest BCUT2D eigenvalue weighted by atomic mass is 16.5. The maximum atomic E-state index is 9.63. The van der Waals surface area contributed by atoms with E-state index in [1.54, 1.807) is 18.5 Å². The van der Waals surface area contributed by atoms with Crippen LogP contribution in [0.15, 0.2) is 30.3 Å². The summed E-state index contributed by atoms with van der Waals surface area (Å²) in [4.78, 5) is 0. The summed E-state index contributed by atoms with van der Waals surface area (Å²) in [6.45, 7) is 4.39. The lowest BCUT2D eigenvalue weighted by Gasteiger charge is -2.09. The minimum atomic E-state index is -1.64. The molecule has 2 N–H and O–H groups in total. The summed E-state index contributed by atoms with van der Waals surface area (Å²) >= 11 is 0. The predicted molar refractivity (Wildman–Crippen MR) is 85.6 cm³/mol. The van der Waals surface area contributed by atoms with Gasteiger partial charge in [0, 0.05) is 6.42 Å². The second-order valence-corrected chi connectivity index (χ2v) is 4.85. The zero-order valence-corrected chi connectivity index (χ0v) is 12.8. The summed E-state index contributed by atoms with van der Waals surface area (Å²) < 4.78 is 7.31. The van der Waals surface area contributed by atoms with Crippen molar-refractivity contribution in [3.8, 4) is 17.6 Å². The Bertz CT molecular complexity index is 672. The molecule has 114 valence electrons. The second-order valence-electron chi connectivity index (χ2n) is 4.85. The lowest BCUT2D eigenvalue weighted by atomic mass is 9.85. The average molecular weight is 298 g/mol. The number of ether oxygens (including phenoxy) is 1. The van der Waals surface area contributed by atoms with E-state index in [1.165, 1.54) is 0 Å². The van der Waals surface area contributed by atoms with Crippen LogP contribution in [0, 0.1) is 18.8 Å². The van der Waals surface area contributed by atoms with Crippen LogP contribution in [0.5, 0.6) is 5.75 Å². The molecule has 0 aliphatic heterocycles. The highest BCUT2D eigenvalue weighted by molar-refractivity contribution is 6.58. The molecule has 0 saturated heterocycles. The van der Waals surface area contributed by atoms with E-state index in [0.717, 1.165) is 5.56 Å². The number of nitrogens with zero attached hydrogens (tertiary/aromatic N) is 2. The van der Waals surface area contributed by atoms with Crippen LogP contribution in [0.2, 0.25) is 0 Å². The monoisotopic (exact) mass is 298 g/mol. The van der Waals surface area contributed by atoms with Crippen molar-refractivity contribution in [1.29, 1.82) is 0 Å². The number of hydrogen-bond donors (Lipinski definition) is 2. The predicted octanol–water partition coefficient (Wildman–Crippen LogP) is 0.864. The maximum absolute atomic E-state index is 9.63. The van der Waals surface area contributed by atoms with Crippen molar-refractivity contribution in [2.24, 2.45) is 0 Å². The van der Waals surface area contributed by atoms with E-state index in [0.29, 0.717) is 31.0 Å². The van der Waals surface area contributed by atoms with Gasteiger partial charge >= 0.3 is 7.12 Å². The Kier molecular flexibility index (Phi) is 5.64. The highest BCUT2D eigenvalue weighted by Gasteiger charge is 2.26. The van der Waals surface area contributed by atoms with E-state index in [9.17, 15) is 10.0 Å². The van der Waals surface area contributed by atoms with Gasteiger partial charge in [0.15, 0.2) is 5.75 Å². The van der Waals surface area contributed by atoms with Gasteiger partial charge in [0.25, 0.3) is 0 Å². The molecular weight excluding hydrogens is 279 g/mol. The minimum Gasteiger partial charge on any atom is -0.486 e. The van der Waals surface area contributed by atoms with Crippen LogP contribution in [-0.4, -0.2) is 26.9 Å². The summed E-state index contributed by atoms with van der Waals surface area (Å²) in [7, 11) is -1.64. The Morgan fingerprint density at radius 1 is 1.27 bits per heavy atom. The zero-order chi connectivity index (χ0) is 15.9. The maximum Gasteiger partial charge on any atom is 0.511 e. The molecule has 0 radical (unpaired) electrons. The minimum absolute atomic E-state index is 0.270. The molecule has 6 heteroatoms. The molecule has 5 nitrogen and oxygen atoms in total. The van der Waals surface area contributed by atoms with E-state index < -0.39 is 7.12 Å². The van der Waals surface area contributed by atoms with Crippen LogP contribution >= 0.6 is 0 Å². The topological polar surface area (TPSA) is 67.5 Å². The quantitative estimate of drug-likeness (QED) is 0.613. The molecule has 0 spiro atoms. The molecule has 0 saturated carbocycles. The van der Waals surface area contributed by atoms with Crippen LogP contribution in [0.3, 0.4) is 0 Å². The number of rotatable bonds is 6. The van der Waals surface area contributed by atoms with Gasteiger partial charge in [-0.05, 0) is 19.4 Å². The standard InChI is InChI=1S/C16H19BN2O3/c1-3-4-8-11-19-16(17(20)21)15(13(2)18-19)22-12-14-9-6-5-7-10-14/h5-7,9-10,20-21H,8,11-12H2,1-2H3. The summed E-state index contributed by atoms with van der Waals surface area (Å²) in [5.41, 5.74) is 1.90. The second kappa shape index (κ2) is 7.69. The molecule has 0 bridgehead atoms. The van der Waals surface area contributed by atoms with Crippen LogP contribution < -0.4 is 10.3 Å². The first-order valence-electron chi connectivity index (χ1n) is 7.13. The van der Waals surface area contributed by atoms with Gasteiger partial charge in [-0.2, -0.15) is 5.10 Å². The van der Waals surface area contributed by atoms with Crippen molar-refractivity contribution < 1.29 is 14.8 Å². The Labute approximate surface area is 130 Å². The van der Waals surface area contributed by atoms with Crippen LogP contribution in [-0.2, 0) is 13.2 Å². The van der Waals surface area contributed by atoms with Gasteiger partial charge in [0.1, 0.15) is 17.9 Å². The number of aryl methyl sites for hydroxylation is 2. The summed E-state index contributed by atoms with van der Waals surface area (Å²) in [5, 5.41) is 23.6. The number of hydrogen-bond acceptors (Lipinski definition) is 4. The SMILES string of the molecule is CC#CCCn1nc(C)c(OCc2ccccc2)c1B(O)O. The molecule has 1 aromatic carbocycles. The third-order valence-electron chi connectivity index (χ3n) is 3.21. The molecule has 0 amide bonds. The fourth-order valence-electron chi connectivity index (χ4n) is 2.20. The molecule has 2 rings (SSSR count). The van der Waals surface area contributed by atoms with Crippen LogP contribution in [0.25, 0.3) is 0 Å². The molecule has 0 unspecified atom stereocenters. The van der Waals surface area contributed by atoms with Gasteiger partial charge < -0.3 is 14.8 Å². The van der Waals surface area contributed by atoms with Gasteiger partial charge in [0.2, 0.25) is 0 Å². The van der Waals surface area contributed by atoms with Crippen molar-refractivity contribution in [3.63, 3.8) is 0 Å². The van der Waals surface area contributed by atoms with Crippen molar-refractivity contribution in [3.05, 3.63) is 41.6 Å². The zero-order valence-electron chi connectivity index (χ0n) is 12.8. The van der Waals surface area contributed by atoms with Crippen molar-refractivity contribution in [2.75, 3.05) is 0 Å². The molecule has 0 aliphatic carbocycles. The summed E-state index contributed by atoms with van der Waals surface area (Å²) in [5.74, 6) is 6.16. The third-order valence-corrected chi connectivity index (χ3v) is 3.21. The van der Waals surface area contributed by atoms with Crippen LogP contribution in [0.1, 0.15) is 24.6 Å². The first-order valence-corrected chi connectivity index (χ1v) is 7.13. The van der Waals surface area contributed by atoms with Gasteiger partial charge in [-0.25, -0.2) is 0 Å². The molecule has 0 aliphatic rings. The Morgan fingerprint density at radius 2 is 2.00 bits per heavy atom. The van der Waals surface area contributed by atoms with E-state index in [2.05, 4.69) is 16.9 Å². The van der Waals surface area contributed by atoms with Crippen molar-refractivity contribution in [1.82, 2.24) is 9.78 Å². The van der Waals surface area contributed by atoms with Crippen LogP contribution in [0.4, 0.5) is 0 Å². The smallest absolute Gasteiger partial charge is 0.486 e. The molecule has 0 atom stereocenters. The highest BCUT2D eigenvalue weighted by Crippen LogP contribution is 2.16. The van der Waals surface area contributed by atoms with Gasteiger partial charge in [-0.15, -0.1) is 11.8 Å². The van der Waals surface area contributed by atoms with Crippen molar-refractivity contribution in [2.45, 2.75) is 33.4 Å².